The van der Waals surface area contributed by atoms with E-state index in [-0.39, 0.29) is 24.5 Å². The Hall–Kier alpha value is -3.62. The fourth-order valence-corrected chi connectivity index (χ4v) is 5.73. The van der Waals surface area contributed by atoms with Gasteiger partial charge in [0.1, 0.15) is 17.2 Å². The largest absolute Gasteiger partial charge is 0.496 e. The van der Waals surface area contributed by atoms with Crippen molar-refractivity contribution in [3.63, 3.8) is 0 Å². The second kappa shape index (κ2) is 15.0. The molecule has 0 aliphatic carbocycles. The summed E-state index contributed by atoms with van der Waals surface area (Å²) in [5, 5.41) is 15.9. The highest BCUT2D eigenvalue weighted by Gasteiger charge is 2.35. The number of nitrogens with one attached hydrogen (secondary N) is 1. The molecular formula is C35H41NO6. The second-order valence-corrected chi connectivity index (χ2v) is 10.6. The van der Waals surface area contributed by atoms with Crippen LogP contribution in [-0.4, -0.2) is 58.3 Å². The molecule has 0 amide bonds. The van der Waals surface area contributed by atoms with Crippen LogP contribution in [0.3, 0.4) is 0 Å². The van der Waals surface area contributed by atoms with Crippen LogP contribution in [0, 0.1) is 5.92 Å². The van der Waals surface area contributed by atoms with Gasteiger partial charge in [0.15, 0.2) is 0 Å². The SMILES string of the molecule is COc1ccccc1COCCCOc1ccc(C2C(CO)CNCC2OCc2cc(OC)c3ccccc3c2)cc1. The topological polar surface area (TPSA) is 78.4 Å². The molecule has 0 spiro atoms. The lowest BCUT2D eigenvalue weighted by atomic mass is 9.79. The van der Waals surface area contributed by atoms with E-state index >= 15 is 0 Å². The van der Waals surface area contributed by atoms with E-state index in [2.05, 4.69) is 35.6 Å². The Bertz CT molecular complexity index is 1410. The molecule has 4 aromatic carbocycles. The predicted molar refractivity (Wildman–Crippen MR) is 164 cm³/mol. The number of para-hydroxylation sites is 1. The highest BCUT2D eigenvalue weighted by atomic mass is 16.5. The summed E-state index contributed by atoms with van der Waals surface area (Å²) in [6, 6.07) is 28.5. The Morgan fingerprint density at radius 3 is 2.40 bits per heavy atom. The van der Waals surface area contributed by atoms with Crippen molar-refractivity contribution < 1.29 is 28.8 Å². The first kappa shape index (κ1) is 29.9. The highest BCUT2D eigenvalue weighted by molar-refractivity contribution is 5.89. The quantitative estimate of drug-likeness (QED) is 0.187. The van der Waals surface area contributed by atoms with Gasteiger partial charge in [-0.2, -0.15) is 0 Å². The van der Waals surface area contributed by atoms with Gasteiger partial charge in [-0.1, -0.05) is 54.6 Å². The van der Waals surface area contributed by atoms with Crippen LogP contribution in [0.5, 0.6) is 17.2 Å². The standard InChI is InChI=1S/C35H41NO6/c1-38-32-11-6-4-9-28(32)24-40-16-7-17-41-30-14-12-26(13-15-30)35-29(22-37)20-36-21-34(35)42-23-25-18-27-8-3-5-10-31(27)33(19-25)39-2/h3-6,8-15,18-19,29,34-37H,7,16-17,20-24H2,1-2H3. The van der Waals surface area contributed by atoms with E-state index in [0.717, 1.165) is 64.2 Å². The van der Waals surface area contributed by atoms with Crippen molar-refractivity contribution in [2.24, 2.45) is 5.92 Å². The molecule has 0 bridgehead atoms. The molecule has 3 atom stereocenters. The van der Waals surface area contributed by atoms with E-state index in [1.165, 1.54) is 0 Å². The molecule has 1 aliphatic heterocycles. The van der Waals surface area contributed by atoms with E-state index in [0.29, 0.717) is 26.4 Å². The fourth-order valence-electron chi connectivity index (χ4n) is 5.73. The average molecular weight is 572 g/mol. The van der Waals surface area contributed by atoms with Gasteiger partial charge in [0.25, 0.3) is 0 Å². The number of methoxy groups -OCH3 is 2. The van der Waals surface area contributed by atoms with Gasteiger partial charge in [-0.15, -0.1) is 0 Å². The fraction of sp³-hybridized carbons (Fsp3) is 0.371. The minimum atomic E-state index is -0.0829. The lowest BCUT2D eigenvalue weighted by molar-refractivity contribution is -0.0151. The van der Waals surface area contributed by atoms with Gasteiger partial charge in [-0.05, 0) is 46.8 Å². The van der Waals surface area contributed by atoms with Crippen LogP contribution < -0.4 is 19.5 Å². The number of aliphatic hydroxyl groups is 1. The molecule has 4 aromatic rings. The zero-order valence-electron chi connectivity index (χ0n) is 24.5. The minimum absolute atomic E-state index is 0.0574. The molecule has 1 saturated heterocycles. The number of benzene rings is 4. The first-order valence-electron chi connectivity index (χ1n) is 14.6. The molecule has 2 N–H and O–H groups in total. The van der Waals surface area contributed by atoms with Crippen LogP contribution in [0.1, 0.15) is 29.0 Å². The predicted octanol–water partition coefficient (Wildman–Crippen LogP) is 5.72. The molecule has 7 nitrogen and oxygen atoms in total. The minimum Gasteiger partial charge on any atom is -0.496 e. The summed E-state index contributed by atoms with van der Waals surface area (Å²) >= 11 is 0. The highest BCUT2D eigenvalue weighted by Crippen LogP contribution is 2.34. The van der Waals surface area contributed by atoms with E-state index in [1.807, 2.05) is 54.6 Å². The molecule has 0 aromatic heterocycles. The summed E-state index contributed by atoms with van der Waals surface area (Å²) in [5.41, 5.74) is 3.24. The molecule has 1 heterocycles. The maximum atomic E-state index is 10.2. The van der Waals surface area contributed by atoms with Crippen molar-refractivity contribution in [3.8, 4) is 17.2 Å². The number of fused-ring (bicyclic) bond motifs is 1. The van der Waals surface area contributed by atoms with Crippen LogP contribution in [0.15, 0.2) is 84.9 Å². The first-order chi connectivity index (χ1) is 20.7. The van der Waals surface area contributed by atoms with E-state index in [9.17, 15) is 5.11 Å². The van der Waals surface area contributed by atoms with Crippen LogP contribution in [-0.2, 0) is 22.7 Å². The molecule has 5 rings (SSSR count). The molecule has 1 aliphatic rings. The van der Waals surface area contributed by atoms with Crippen LogP contribution in [0.4, 0.5) is 0 Å². The smallest absolute Gasteiger partial charge is 0.127 e. The summed E-state index contributed by atoms with van der Waals surface area (Å²) in [7, 11) is 3.37. The molecule has 3 unspecified atom stereocenters. The number of hydrogen-bond donors (Lipinski definition) is 2. The zero-order valence-corrected chi connectivity index (χ0v) is 24.5. The van der Waals surface area contributed by atoms with E-state index < -0.39 is 0 Å². The van der Waals surface area contributed by atoms with Gasteiger partial charge >= 0.3 is 0 Å². The maximum absolute atomic E-state index is 10.2. The molecule has 42 heavy (non-hydrogen) atoms. The number of ether oxygens (including phenoxy) is 5. The molecule has 7 heteroatoms. The van der Waals surface area contributed by atoms with Crippen molar-refractivity contribution >= 4 is 10.8 Å². The maximum Gasteiger partial charge on any atom is 0.127 e. The van der Waals surface area contributed by atoms with Crippen LogP contribution in [0.25, 0.3) is 10.8 Å². The Morgan fingerprint density at radius 2 is 1.60 bits per heavy atom. The summed E-state index contributed by atoms with van der Waals surface area (Å²) in [5.74, 6) is 2.63. The van der Waals surface area contributed by atoms with Crippen molar-refractivity contribution in [2.45, 2.75) is 31.7 Å². The Labute approximate surface area is 248 Å². The number of piperidine rings is 1. The van der Waals surface area contributed by atoms with Gasteiger partial charge in [0.05, 0.1) is 46.8 Å². The lowest BCUT2D eigenvalue weighted by Crippen LogP contribution is -2.47. The van der Waals surface area contributed by atoms with Crippen molar-refractivity contribution in [2.75, 3.05) is 47.1 Å². The zero-order chi connectivity index (χ0) is 29.1. The van der Waals surface area contributed by atoms with Gasteiger partial charge in [0, 0.05) is 48.9 Å². The Morgan fingerprint density at radius 1 is 0.810 bits per heavy atom. The summed E-state index contributed by atoms with van der Waals surface area (Å²) < 4.78 is 29.3. The third-order valence-corrected chi connectivity index (χ3v) is 7.88. The molecule has 0 radical (unpaired) electrons. The monoisotopic (exact) mass is 571 g/mol. The molecular weight excluding hydrogens is 530 g/mol. The first-order valence-corrected chi connectivity index (χ1v) is 14.6. The summed E-state index contributed by atoms with van der Waals surface area (Å²) in [4.78, 5) is 0. The molecule has 222 valence electrons. The second-order valence-electron chi connectivity index (χ2n) is 10.6. The summed E-state index contributed by atoms with van der Waals surface area (Å²) in [6.07, 6.45) is 0.702. The van der Waals surface area contributed by atoms with Gasteiger partial charge in [-0.25, -0.2) is 0 Å². The third kappa shape index (κ3) is 7.41. The van der Waals surface area contributed by atoms with Crippen molar-refractivity contribution in [3.05, 3.63) is 102 Å². The molecule has 1 fully saturated rings. The Balaban J connectivity index is 1.15. The summed E-state index contributed by atoms with van der Waals surface area (Å²) in [6.45, 7) is 3.71. The van der Waals surface area contributed by atoms with Crippen molar-refractivity contribution in [1.82, 2.24) is 5.32 Å². The third-order valence-electron chi connectivity index (χ3n) is 7.88. The molecule has 0 saturated carbocycles. The number of hydrogen-bond acceptors (Lipinski definition) is 7. The number of rotatable bonds is 14. The van der Waals surface area contributed by atoms with Crippen LogP contribution >= 0.6 is 0 Å². The van der Waals surface area contributed by atoms with Gasteiger partial charge < -0.3 is 34.1 Å². The van der Waals surface area contributed by atoms with Gasteiger partial charge in [-0.3, -0.25) is 0 Å². The van der Waals surface area contributed by atoms with Gasteiger partial charge in [0.2, 0.25) is 0 Å². The van der Waals surface area contributed by atoms with Crippen LogP contribution in [0.2, 0.25) is 0 Å². The van der Waals surface area contributed by atoms with Crippen molar-refractivity contribution in [1.29, 1.82) is 0 Å². The van der Waals surface area contributed by atoms with E-state index in [1.54, 1.807) is 14.2 Å². The number of aliphatic hydroxyl groups excluding tert-OH is 1. The Kier molecular flexibility index (Phi) is 10.7. The average Bonchev–Trinajstić information content (AvgIpc) is 3.05. The lowest BCUT2D eigenvalue weighted by Gasteiger charge is -2.38. The normalized spacial score (nSPS) is 18.6. The van der Waals surface area contributed by atoms with E-state index in [4.69, 9.17) is 23.7 Å².